The van der Waals surface area contributed by atoms with Gasteiger partial charge in [0.2, 0.25) is 5.96 Å². The van der Waals surface area contributed by atoms with Gasteiger partial charge in [0, 0.05) is 17.1 Å². The van der Waals surface area contributed by atoms with Crippen LogP contribution in [0.4, 0.5) is 0 Å². The van der Waals surface area contributed by atoms with Gasteiger partial charge in [-0.3, -0.25) is 4.98 Å². The Labute approximate surface area is 121 Å². The minimum atomic E-state index is -0.0822. The summed E-state index contributed by atoms with van der Waals surface area (Å²) in [5, 5.41) is 8.98. The maximum atomic E-state index is 5.37. The maximum Gasteiger partial charge on any atom is 0.211 e. The molecule has 104 valence electrons. The molecule has 5 N–H and O–H groups in total. The molecule has 0 amide bonds. The lowest BCUT2D eigenvalue weighted by molar-refractivity contribution is 1.19. The molecule has 0 saturated carbocycles. The van der Waals surface area contributed by atoms with E-state index in [1.807, 2.05) is 42.5 Å². The molecule has 0 aliphatic carbocycles. The van der Waals surface area contributed by atoms with Gasteiger partial charge in [0.05, 0.1) is 17.4 Å². The highest BCUT2D eigenvalue weighted by Crippen LogP contribution is 2.17. The summed E-state index contributed by atoms with van der Waals surface area (Å²) in [7, 11) is 0. The Hall–Kier alpha value is -3.15. The van der Waals surface area contributed by atoms with E-state index >= 15 is 0 Å². The van der Waals surface area contributed by atoms with Crippen LogP contribution in [-0.4, -0.2) is 21.6 Å². The van der Waals surface area contributed by atoms with Crippen molar-refractivity contribution in [3.8, 4) is 0 Å². The number of pyridine rings is 1. The SMILES string of the molecule is NC(N)=N/N=C(\c1ccccc1)c1cc2ccncc2[nH]1. The zero-order valence-corrected chi connectivity index (χ0v) is 11.2. The Kier molecular flexibility index (Phi) is 3.34. The number of aromatic amines is 1. The lowest BCUT2D eigenvalue weighted by atomic mass is 10.1. The average Bonchev–Trinajstić information content (AvgIpc) is 2.92. The zero-order valence-electron chi connectivity index (χ0n) is 11.2. The first-order valence-corrected chi connectivity index (χ1v) is 6.39. The maximum absolute atomic E-state index is 5.37. The van der Waals surface area contributed by atoms with E-state index in [4.69, 9.17) is 11.5 Å². The van der Waals surface area contributed by atoms with Gasteiger partial charge < -0.3 is 16.5 Å². The predicted octanol–water partition coefficient (Wildman–Crippen LogP) is 1.59. The first-order valence-electron chi connectivity index (χ1n) is 6.39. The summed E-state index contributed by atoms with van der Waals surface area (Å²) >= 11 is 0. The second-order valence-corrected chi connectivity index (χ2v) is 4.49. The number of rotatable bonds is 3. The summed E-state index contributed by atoms with van der Waals surface area (Å²) in [6, 6.07) is 13.6. The van der Waals surface area contributed by atoms with Crippen molar-refractivity contribution in [2.24, 2.45) is 21.7 Å². The molecule has 2 aromatic heterocycles. The summed E-state index contributed by atoms with van der Waals surface area (Å²) in [5.74, 6) is -0.0822. The van der Waals surface area contributed by atoms with Crippen molar-refractivity contribution in [2.45, 2.75) is 0 Å². The van der Waals surface area contributed by atoms with Crippen LogP contribution < -0.4 is 11.5 Å². The number of hydrogen-bond donors (Lipinski definition) is 3. The number of nitrogens with one attached hydrogen (secondary N) is 1. The lowest BCUT2D eigenvalue weighted by Crippen LogP contribution is -2.22. The van der Waals surface area contributed by atoms with Gasteiger partial charge in [-0.1, -0.05) is 30.3 Å². The van der Waals surface area contributed by atoms with Crippen LogP contribution in [0.15, 0.2) is 65.1 Å². The van der Waals surface area contributed by atoms with Gasteiger partial charge in [-0.25, -0.2) is 0 Å². The van der Waals surface area contributed by atoms with E-state index in [1.54, 1.807) is 12.4 Å². The number of H-pyrrole nitrogens is 1. The molecule has 0 spiro atoms. The summed E-state index contributed by atoms with van der Waals surface area (Å²) in [4.78, 5) is 7.37. The lowest BCUT2D eigenvalue weighted by Gasteiger charge is -2.02. The van der Waals surface area contributed by atoms with Crippen LogP contribution in [0.1, 0.15) is 11.3 Å². The number of fused-ring (bicyclic) bond motifs is 1. The number of aromatic nitrogens is 2. The number of nitrogens with zero attached hydrogens (tertiary/aromatic N) is 3. The van der Waals surface area contributed by atoms with Gasteiger partial charge in [-0.05, 0) is 12.1 Å². The van der Waals surface area contributed by atoms with Crippen molar-refractivity contribution >= 4 is 22.6 Å². The first-order chi connectivity index (χ1) is 10.2. The number of guanidine groups is 1. The Bertz CT molecular complexity index is 779. The third-order valence-electron chi connectivity index (χ3n) is 2.99. The van der Waals surface area contributed by atoms with Crippen LogP contribution >= 0.6 is 0 Å². The molecule has 21 heavy (non-hydrogen) atoms. The number of hydrogen-bond acceptors (Lipinski definition) is 3. The molecule has 6 heteroatoms. The highest BCUT2D eigenvalue weighted by Gasteiger charge is 2.10. The van der Waals surface area contributed by atoms with Crippen molar-refractivity contribution in [2.75, 3.05) is 0 Å². The fourth-order valence-electron chi connectivity index (χ4n) is 2.07. The van der Waals surface area contributed by atoms with E-state index in [0.717, 1.165) is 22.2 Å². The van der Waals surface area contributed by atoms with Gasteiger partial charge in [-0.2, -0.15) is 0 Å². The largest absolute Gasteiger partial charge is 0.369 e. The molecule has 2 heterocycles. The van der Waals surface area contributed by atoms with E-state index in [0.29, 0.717) is 5.71 Å². The second kappa shape index (κ2) is 5.46. The van der Waals surface area contributed by atoms with Crippen LogP contribution in [0.3, 0.4) is 0 Å². The normalized spacial score (nSPS) is 11.5. The minimum Gasteiger partial charge on any atom is -0.369 e. The fraction of sp³-hybridized carbons (Fsp3) is 0. The zero-order chi connectivity index (χ0) is 14.7. The van der Waals surface area contributed by atoms with Gasteiger partial charge in [0.15, 0.2) is 0 Å². The van der Waals surface area contributed by atoms with Crippen molar-refractivity contribution in [3.63, 3.8) is 0 Å². The number of benzene rings is 1. The summed E-state index contributed by atoms with van der Waals surface area (Å²) in [6.45, 7) is 0. The van der Waals surface area contributed by atoms with E-state index < -0.39 is 0 Å². The second-order valence-electron chi connectivity index (χ2n) is 4.49. The van der Waals surface area contributed by atoms with E-state index in [2.05, 4.69) is 20.2 Å². The third-order valence-corrected chi connectivity index (χ3v) is 2.99. The molecule has 0 bridgehead atoms. The van der Waals surface area contributed by atoms with Crippen molar-refractivity contribution < 1.29 is 0 Å². The molecule has 0 aliphatic heterocycles. The summed E-state index contributed by atoms with van der Waals surface area (Å²) in [5.41, 5.74) is 14.1. The van der Waals surface area contributed by atoms with Crippen molar-refractivity contribution in [3.05, 3.63) is 66.1 Å². The van der Waals surface area contributed by atoms with Crippen LogP contribution in [0.2, 0.25) is 0 Å². The molecule has 0 radical (unpaired) electrons. The topological polar surface area (TPSA) is 105 Å². The predicted molar refractivity (Wildman–Crippen MR) is 84.0 cm³/mol. The molecular weight excluding hydrogens is 264 g/mol. The Balaban J connectivity index is 2.15. The highest BCUT2D eigenvalue weighted by atomic mass is 15.3. The van der Waals surface area contributed by atoms with Crippen LogP contribution in [0.25, 0.3) is 10.9 Å². The third kappa shape index (κ3) is 2.74. The molecule has 0 saturated heterocycles. The van der Waals surface area contributed by atoms with Crippen molar-refractivity contribution in [1.29, 1.82) is 0 Å². The summed E-state index contributed by atoms with van der Waals surface area (Å²) in [6.07, 6.45) is 3.51. The quantitative estimate of drug-likeness (QED) is 0.385. The molecule has 3 aromatic rings. The fourth-order valence-corrected chi connectivity index (χ4v) is 2.07. The Morgan fingerprint density at radius 1 is 1.05 bits per heavy atom. The average molecular weight is 278 g/mol. The van der Waals surface area contributed by atoms with Gasteiger partial charge >= 0.3 is 0 Å². The van der Waals surface area contributed by atoms with Gasteiger partial charge in [0.25, 0.3) is 0 Å². The molecule has 0 unspecified atom stereocenters. The standard InChI is InChI=1S/C15H14N6/c16-15(17)21-20-14(10-4-2-1-3-5-10)12-8-11-6-7-18-9-13(11)19-12/h1-9,19H,(H4,16,17,21)/b20-14+. The molecule has 0 atom stereocenters. The first kappa shape index (κ1) is 12.9. The Morgan fingerprint density at radius 2 is 1.86 bits per heavy atom. The molecular formula is C15H14N6. The van der Waals surface area contributed by atoms with E-state index in [9.17, 15) is 0 Å². The summed E-state index contributed by atoms with van der Waals surface area (Å²) < 4.78 is 0. The molecule has 3 rings (SSSR count). The highest BCUT2D eigenvalue weighted by molar-refractivity contribution is 6.13. The van der Waals surface area contributed by atoms with Crippen LogP contribution in [0, 0.1) is 0 Å². The van der Waals surface area contributed by atoms with Crippen LogP contribution in [0.5, 0.6) is 0 Å². The van der Waals surface area contributed by atoms with Gasteiger partial charge in [0.1, 0.15) is 5.71 Å². The monoisotopic (exact) mass is 278 g/mol. The molecule has 6 nitrogen and oxygen atoms in total. The smallest absolute Gasteiger partial charge is 0.211 e. The van der Waals surface area contributed by atoms with E-state index in [1.165, 1.54) is 0 Å². The Morgan fingerprint density at radius 3 is 2.57 bits per heavy atom. The van der Waals surface area contributed by atoms with Crippen LogP contribution in [-0.2, 0) is 0 Å². The molecule has 0 fully saturated rings. The minimum absolute atomic E-state index is 0.0822. The molecule has 1 aromatic carbocycles. The van der Waals surface area contributed by atoms with Crippen molar-refractivity contribution in [1.82, 2.24) is 9.97 Å². The van der Waals surface area contributed by atoms with Gasteiger partial charge in [-0.15, -0.1) is 10.2 Å². The number of nitrogens with two attached hydrogens (primary N) is 2. The van der Waals surface area contributed by atoms with E-state index in [-0.39, 0.29) is 5.96 Å². The molecule has 0 aliphatic rings.